The van der Waals surface area contributed by atoms with Crippen molar-refractivity contribution in [1.29, 1.82) is 0 Å². The molecule has 0 N–H and O–H groups in total. The minimum absolute atomic E-state index is 0.202. The molecule has 0 aliphatic carbocycles. The van der Waals surface area contributed by atoms with Crippen LogP contribution in [0.15, 0.2) is 36.5 Å². The lowest BCUT2D eigenvalue weighted by Crippen LogP contribution is -2.36. The molecule has 150 valence electrons. The Hall–Kier alpha value is -2.54. The Bertz CT molecular complexity index is 1030. The van der Waals surface area contributed by atoms with Crippen molar-refractivity contribution >= 4 is 39.0 Å². The highest BCUT2D eigenvalue weighted by Gasteiger charge is 2.21. The van der Waals surface area contributed by atoms with Gasteiger partial charge in [-0.2, -0.15) is 0 Å². The lowest BCUT2D eigenvalue weighted by Gasteiger charge is -2.29. The van der Waals surface area contributed by atoms with Crippen molar-refractivity contribution in [2.24, 2.45) is 0 Å². The summed E-state index contributed by atoms with van der Waals surface area (Å²) >= 11 is 1.61. The SMILES string of the molecule is O=C1CCCCN1c1ccc2nc(-c3ccc(N4CCC[C@H](F)C4)nc3)sc2c1. The van der Waals surface area contributed by atoms with E-state index in [1.54, 1.807) is 11.3 Å². The summed E-state index contributed by atoms with van der Waals surface area (Å²) in [5.74, 6) is 1.02. The number of benzene rings is 1. The molecule has 5 nitrogen and oxygen atoms in total. The van der Waals surface area contributed by atoms with E-state index in [9.17, 15) is 9.18 Å². The molecule has 1 atom stereocenters. The first-order valence-electron chi connectivity index (χ1n) is 10.2. The van der Waals surface area contributed by atoms with Crippen LogP contribution in [0.3, 0.4) is 0 Å². The van der Waals surface area contributed by atoms with Gasteiger partial charge in [-0.1, -0.05) is 0 Å². The molecule has 5 rings (SSSR count). The van der Waals surface area contributed by atoms with E-state index in [4.69, 9.17) is 4.98 Å². The number of carbonyl (C=O) groups is 1. The molecule has 29 heavy (non-hydrogen) atoms. The number of nitrogens with zero attached hydrogens (tertiary/aromatic N) is 4. The van der Waals surface area contributed by atoms with Crippen LogP contribution in [-0.4, -0.2) is 41.7 Å². The standard InChI is InChI=1S/C22H23FN4OS/c23-16-4-3-10-26(14-16)20-9-6-15(13-24-20)22-25-18-8-7-17(12-19(18)29-22)27-11-2-1-5-21(27)28/h6-9,12-13,16H,1-5,10-11,14H2/t16-/m0/s1. The van der Waals surface area contributed by atoms with Crippen molar-refractivity contribution < 1.29 is 9.18 Å². The third-order valence-electron chi connectivity index (χ3n) is 5.69. The number of aromatic nitrogens is 2. The quantitative estimate of drug-likeness (QED) is 0.622. The molecule has 1 aromatic carbocycles. The zero-order valence-corrected chi connectivity index (χ0v) is 17.0. The van der Waals surface area contributed by atoms with Gasteiger partial charge in [0.05, 0.1) is 16.8 Å². The van der Waals surface area contributed by atoms with Gasteiger partial charge in [-0.25, -0.2) is 14.4 Å². The topological polar surface area (TPSA) is 49.3 Å². The Balaban J connectivity index is 1.39. The molecule has 2 saturated heterocycles. The van der Waals surface area contributed by atoms with E-state index < -0.39 is 6.17 Å². The lowest BCUT2D eigenvalue weighted by atomic mass is 10.1. The smallest absolute Gasteiger partial charge is 0.226 e. The van der Waals surface area contributed by atoms with Crippen LogP contribution in [0.4, 0.5) is 15.9 Å². The van der Waals surface area contributed by atoms with Gasteiger partial charge in [0, 0.05) is 37.0 Å². The largest absolute Gasteiger partial charge is 0.354 e. The van der Waals surface area contributed by atoms with Gasteiger partial charge in [-0.05, 0) is 56.0 Å². The number of hydrogen-bond donors (Lipinski definition) is 0. The fourth-order valence-corrected chi connectivity index (χ4v) is 5.11. The number of fused-ring (bicyclic) bond motifs is 1. The number of pyridine rings is 1. The second-order valence-electron chi connectivity index (χ2n) is 7.76. The molecule has 2 aliphatic heterocycles. The summed E-state index contributed by atoms with van der Waals surface area (Å²) < 4.78 is 14.7. The molecular formula is C22H23FN4OS. The van der Waals surface area contributed by atoms with Gasteiger partial charge in [0.1, 0.15) is 17.0 Å². The van der Waals surface area contributed by atoms with Crippen LogP contribution >= 0.6 is 11.3 Å². The van der Waals surface area contributed by atoms with E-state index in [2.05, 4.69) is 11.1 Å². The molecule has 0 bridgehead atoms. The van der Waals surface area contributed by atoms with Crippen LogP contribution in [0.5, 0.6) is 0 Å². The van der Waals surface area contributed by atoms with Crippen molar-refractivity contribution in [2.45, 2.75) is 38.3 Å². The van der Waals surface area contributed by atoms with Crippen molar-refractivity contribution in [1.82, 2.24) is 9.97 Å². The summed E-state index contributed by atoms with van der Waals surface area (Å²) in [4.78, 5) is 25.4. The Labute approximate surface area is 173 Å². The summed E-state index contributed by atoms with van der Waals surface area (Å²) in [7, 11) is 0. The maximum Gasteiger partial charge on any atom is 0.226 e. The molecule has 3 aromatic rings. The second-order valence-corrected chi connectivity index (χ2v) is 8.79. The number of rotatable bonds is 3. The highest BCUT2D eigenvalue weighted by Crippen LogP contribution is 2.34. The van der Waals surface area contributed by atoms with Gasteiger partial charge in [0.15, 0.2) is 0 Å². The first-order valence-corrected chi connectivity index (χ1v) is 11.1. The van der Waals surface area contributed by atoms with Crippen molar-refractivity contribution in [2.75, 3.05) is 29.4 Å². The molecule has 7 heteroatoms. The Morgan fingerprint density at radius 2 is 2.03 bits per heavy atom. The predicted molar refractivity (Wildman–Crippen MR) is 115 cm³/mol. The molecule has 0 unspecified atom stereocenters. The number of hydrogen-bond acceptors (Lipinski definition) is 5. The van der Waals surface area contributed by atoms with Crippen molar-refractivity contribution in [3.05, 3.63) is 36.5 Å². The van der Waals surface area contributed by atoms with E-state index in [0.717, 1.165) is 64.6 Å². The van der Waals surface area contributed by atoms with Gasteiger partial charge in [0.25, 0.3) is 0 Å². The molecule has 0 saturated carbocycles. The summed E-state index contributed by atoms with van der Waals surface area (Å²) in [6, 6.07) is 10.0. The molecular weight excluding hydrogens is 387 g/mol. The first kappa shape index (κ1) is 18.5. The summed E-state index contributed by atoms with van der Waals surface area (Å²) in [6.45, 7) is 2.06. The molecule has 2 aromatic heterocycles. The fourth-order valence-electron chi connectivity index (χ4n) is 4.12. The predicted octanol–water partition coefficient (Wildman–Crippen LogP) is 4.81. The summed E-state index contributed by atoms with van der Waals surface area (Å²) in [5.41, 5.74) is 2.84. The lowest BCUT2D eigenvalue weighted by molar-refractivity contribution is -0.119. The molecule has 0 radical (unpaired) electrons. The number of alkyl halides is 1. The third-order valence-corrected chi connectivity index (χ3v) is 6.76. The fraction of sp³-hybridized carbons (Fsp3) is 0.409. The van der Waals surface area contributed by atoms with Crippen molar-refractivity contribution in [3.63, 3.8) is 0 Å². The zero-order chi connectivity index (χ0) is 19.8. The van der Waals surface area contributed by atoms with Gasteiger partial charge in [-0.15, -0.1) is 11.3 Å². The maximum absolute atomic E-state index is 13.7. The van der Waals surface area contributed by atoms with Gasteiger partial charge in [0.2, 0.25) is 5.91 Å². The van der Waals surface area contributed by atoms with Crippen molar-refractivity contribution in [3.8, 4) is 10.6 Å². The average molecular weight is 411 g/mol. The monoisotopic (exact) mass is 410 g/mol. The van der Waals surface area contributed by atoms with Crippen LogP contribution < -0.4 is 9.80 Å². The molecule has 2 fully saturated rings. The summed E-state index contributed by atoms with van der Waals surface area (Å²) in [6.07, 6.45) is 5.23. The minimum Gasteiger partial charge on any atom is -0.354 e. The van der Waals surface area contributed by atoms with Crippen LogP contribution in [0.2, 0.25) is 0 Å². The van der Waals surface area contributed by atoms with E-state index >= 15 is 0 Å². The minimum atomic E-state index is -0.768. The van der Waals surface area contributed by atoms with E-state index in [1.807, 2.05) is 40.3 Å². The van der Waals surface area contributed by atoms with E-state index in [1.165, 1.54) is 0 Å². The Morgan fingerprint density at radius 1 is 1.10 bits per heavy atom. The molecule has 0 spiro atoms. The number of halogens is 1. The van der Waals surface area contributed by atoms with Crippen LogP contribution in [-0.2, 0) is 4.79 Å². The van der Waals surface area contributed by atoms with E-state index in [-0.39, 0.29) is 5.91 Å². The highest BCUT2D eigenvalue weighted by atomic mass is 32.1. The zero-order valence-electron chi connectivity index (χ0n) is 16.2. The number of anilines is 2. The van der Waals surface area contributed by atoms with Gasteiger partial charge >= 0.3 is 0 Å². The third kappa shape index (κ3) is 3.71. The second kappa shape index (κ2) is 7.71. The summed E-state index contributed by atoms with van der Waals surface area (Å²) in [5, 5.41) is 0.906. The Morgan fingerprint density at radius 3 is 2.83 bits per heavy atom. The maximum atomic E-state index is 13.7. The van der Waals surface area contributed by atoms with Crippen LogP contribution in [0.25, 0.3) is 20.8 Å². The number of amides is 1. The number of carbonyl (C=O) groups excluding carboxylic acids is 1. The molecule has 4 heterocycles. The normalized spacial score (nSPS) is 20.4. The number of thiazole rings is 1. The first-order chi connectivity index (χ1) is 14.2. The number of piperidine rings is 2. The average Bonchev–Trinajstić information content (AvgIpc) is 3.18. The molecule has 1 amide bonds. The van der Waals surface area contributed by atoms with Gasteiger partial charge < -0.3 is 9.80 Å². The van der Waals surface area contributed by atoms with E-state index in [0.29, 0.717) is 19.4 Å². The Kier molecular flexibility index (Phi) is 4.91. The van der Waals surface area contributed by atoms with Crippen LogP contribution in [0, 0.1) is 0 Å². The molecule has 2 aliphatic rings. The van der Waals surface area contributed by atoms with Gasteiger partial charge in [-0.3, -0.25) is 4.79 Å². The highest BCUT2D eigenvalue weighted by molar-refractivity contribution is 7.21. The van der Waals surface area contributed by atoms with Crippen LogP contribution in [0.1, 0.15) is 32.1 Å².